The van der Waals surface area contributed by atoms with Crippen LogP contribution < -0.4 is 20.5 Å². The first-order valence-electron chi connectivity index (χ1n) is 20.7. The Morgan fingerprint density at radius 3 is 2.54 bits per heavy atom. The molecule has 2 N–H and O–H groups in total. The zero-order valence-corrected chi connectivity index (χ0v) is 36.0. The fourth-order valence-electron chi connectivity index (χ4n) is 8.62. The van der Waals surface area contributed by atoms with Gasteiger partial charge in [-0.2, -0.15) is 5.26 Å². The Hall–Kier alpha value is -5.36. The molecule has 0 spiro atoms. The summed E-state index contributed by atoms with van der Waals surface area (Å²) in [4.78, 5) is 71.6. The van der Waals surface area contributed by atoms with Gasteiger partial charge in [0, 0.05) is 48.6 Å². The van der Waals surface area contributed by atoms with E-state index >= 15 is 4.39 Å². The van der Waals surface area contributed by atoms with E-state index in [0.717, 1.165) is 24.2 Å². The van der Waals surface area contributed by atoms with Gasteiger partial charge in [-0.15, -0.1) is 11.3 Å². The topological polar surface area (TPSA) is 180 Å². The number of benzene rings is 2. The summed E-state index contributed by atoms with van der Waals surface area (Å²) < 4.78 is 43.9. The number of hydrogen-bond donors (Lipinski definition) is 2. The Morgan fingerprint density at radius 2 is 1.79 bits per heavy atom. The van der Waals surface area contributed by atoms with Gasteiger partial charge in [0.2, 0.25) is 17.7 Å². The van der Waals surface area contributed by atoms with Crippen LogP contribution in [0.25, 0.3) is 10.1 Å². The summed E-state index contributed by atoms with van der Waals surface area (Å²) in [6.45, 7) is 3.75. The highest BCUT2D eigenvalue weighted by molar-refractivity contribution is 7.57. The molecule has 2 aromatic heterocycles. The third-order valence-corrected chi connectivity index (χ3v) is 15.0. The van der Waals surface area contributed by atoms with Crippen molar-refractivity contribution in [3.05, 3.63) is 99.3 Å². The van der Waals surface area contributed by atoms with Crippen molar-refractivity contribution in [2.24, 2.45) is 13.0 Å². The molecule has 2 aromatic carbocycles. The molecule has 61 heavy (non-hydrogen) atoms. The first-order valence-corrected chi connectivity index (χ1v) is 23.3. The second-order valence-corrected chi connectivity index (χ2v) is 19.2. The number of pyridine rings is 1. The maximum atomic E-state index is 16.5. The summed E-state index contributed by atoms with van der Waals surface area (Å²) in [5.41, 5.74) is 0.268. The van der Waals surface area contributed by atoms with Crippen LogP contribution >= 0.6 is 18.9 Å². The second-order valence-electron chi connectivity index (χ2n) is 16.0. The van der Waals surface area contributed by atoms with E-state index in [1.54, 1.807) is 65.5 Å². The van der Waals surface area contributed by atoms with Crippen molar-refractivity contribution >= 4 is 52.6 Å². The number of fused-ring (bicyclic) bond motifs is 2. The van der Waals surface area contributed by atoms with Crippen LogP contribution in [0, 0.1) is 17.2 Å². The molecule has 0 radical (unpaired) electrons. The number of alkyl halides is 1. The SMILES string of the molecule is CCCOC(=O)[C@H](C)NP(=O)(Oc1ccccc1)C(F)c1ccc2sc(C(=O)N[C@H]3CCCC[C@H]4CC[C@@H](C(=O)N5C[C@@H](C#N)[C@H](c6cccn(C)c6=O)C5)N4C3=O)cc2c1. The molecule has 0 bridgehead atoms. The Bertz CT molecular complexity index is 2440. The number of halogens is 1. The van der Waals surface area contributed by atoms with Crippen LogP contribution in [0.2, 0.25) is 0 Å². The lowest BCUT2D eigenvalue weighted by Gasteiger charge is -2.36. The van der Waals surface area contributed by atoms with E-state index < -0.39 is 55.3 Å². The highest BCUT2D eigenvalue weighted by Gasteiger charge is 2.48. The van der Waals surface area contributed by atoms with E-state index in [0.29, 0.717) is 47.8 Å². The number of ether oxygens (including phenoxy) is 1. The van der Waals surface area contributed by atoms with Crippen molar-refractivity contribution in [1.82, 2.24) is 24.8 Å². The van der Waals surface area contributed by atoms with E-state index in [1.807, 2.05) is 6.92 Å². The number of rotatable bonds is 13. The maximum absolute atomic E-state index is 16.5. The van der Waals surface area contributed by atoms with Gasteiger partial charge in [0.1, 0.15) is 23.9 Å². The Balaban J connectivity index is 1.07. The van der Waals surface area contributed by atoms with Gasteiger partial charge in [-0.1, -0.05) is 50.1 Å². The molecule has 3 fully saturated rings. The molecule has 3 aliphatic rings. The van der Waals surface area contributed by atoms with Crippen molar-refractivity contribution in [3.63, 3.8) is 0 Å². The molecule has 3 saturated heterocycles. The summed E-state index contributed by atoms with van der Waals surface area (Å²) in [6.07, 6.45) is 5.92. The zero-order chi connectivity index (χ0) is 43.4. The number of para-hydroxylation sites is 1. The summed E-state index contributed by atoms with van der Waals surface area (Å²) in [6, 6.07) is 17.0. The van der Waals surface area contributed by atoms with Crippen LogP contribution in [-0.4, -0.2) is 81.9 Å². The van der Waals surface area contributed by atoms with Crippen LogP contribution in [0.3, 0.4) is 0 Å². The molecule has 2 unspecified atom stereocenters. The number of aromatic nitrogens is 1. The number of nitriles is 1. The van der Waals surface area contributed by atoms with Gasteiger partial charge in [0.15, 0.2) is 0 Å². The average Bonchev–Trinajstić information content (AvgIpc) is 4.00. The van der Waals surface area contributed by atoms with Crippen LogP contribution in [-0.2, 0) is 30.7 Å². The Morgan fingerprint density at radius 1 is 1.02 bits per heavy atom. The number of carbonyl (C=O) groups excluding carboxylic acids is 4. The molecule has 0 aliphatic carbocycles. The second kappa shape index (κ2) is 18.7. The monoisotopic (exact) mass is 872 g/mol. The number of likely N-dealkylation sites (tertiary alicyclic amines) is 1. The molecule has 17 heteroatoms. The molecule has 8 atom stereocenters. The smallest absolute Gasteiger partial charge is 0.355 e. The van der Waals surface area contributed by atoms with Gasteiger partial charge in [0.05, 0.1) is 23.5 Å². The average molecular weight is 873 g/mol. The van der Waals surface area contributed by atoms with Crippen molar-refractivity contribution in [1.29, 1.82) is 5.26 Å². The van der Waals surface area contributed by atoms with E-state index in [2.05, 4.69) is 16.5 Å². The van der Waals surface area contributed by atoms with E-state index in [9.17, 15) is 33.8 Å². The molecule has 322 valence electrons. The number of carbonyl (C=O) groups is 4. The molecule has 7 rings (SSSR count). The summed E-state index contributed by atoms with van der Waals surface area (Å²) in [5, 5.41) is 16.0. The van der Waals surface area contributed by atoms with Gasteiger partial charge >= 0.3 is 13.5 Å². The van der Waals surface area contributed by atoms with Crippen molar-refractivity contribution in [2.45, 2.75) is 94.8 Å². The molecular weight excluding hydrogens is 823 g/mol. The molecule has 3 aliphatic heterocycles. The van der Waals surface area contributed by atoms with Crippen LogP contribution in [0.15, 0.2) is 77.7 Å². The van der Waals surface area contributed by atoms with Crippen LogP contribution in [0.1, 0.15) is 91.4 Å². The zero-order valence-electron chi connectivity index (χ0n) is 34.3. The van der Waals surface area contributed by atoms with Crippen molar-refractivity contribution in [2.75, 3.05) is 19.7 Å². The van der Waals surface area contributed by atoms with E-state index in [4.69, 9.17) is 9.26 Å². The minimum atomic E-state index is -4.47. The number of nitrogens with one attached hydrogen (secondary N) is 2. The summed E-state index contributed by atoms with van der Waals surface area (Å²) in [5.74, 6) is -4.91. The van der Waals surface area contributed by atoms with E-state index in [1.165, 1.54) is 35.8 Å². The quantitative estimate of drug-likeness (QED) is 0.110. The molecule has 3 amide bonds. The van der Waals surface area contributed by atoms with Crippen LogP contribution in [0.4, 0.5) is 4.39 Å². The first-order chi connectivity index (χ1) is 29.3. The van der Waals surface area contributed by atoms with Gasteiger partial charge in [-0.3, -0.25) is 28.5 Å². The van der Waals surface area contributed by atoms with Gasteiger partial charge in [-0.25, -0.2) is 9.48 Å². The minimum Gasteiger partial charge on any atom is -0.465 e. The number of nitrogens with zero attached hydrogens (tertiary/aromatic N) is 4. The minimum absolute atomic E-state index is 0.000723. The number of amides is 3. The third-order valence-electron chi connectivity index (χ3n) is 11.8. The predicted octanol–water partition coefficient (Wildman–Crippen LogP) is 6.57. The molecule has 0 saturated carbocycles. The summed E-state index contributed by atoms with van der Waals surface area (Å²) in [7, 11) is -2.83. The highest BCUT2D eigenvalue weighted by atomic mass is 32.1. The van der Waals surface area contributed by atoms with E-state index in [-0.39, 0.29) is 59.3 Å². The molecule has 5 heterocycles. The Kier molecular flexibility index (Phi) is 13.4. The molecule has 14 nitrogen and oxygen atoms in total. The van der Waals surface area contributed by atoms with Crippen LogP contribution in [0.5, 0.6) is 5.75 Å². The highest BCUT2D eigenvalue weighted by Crippen LogP contribution is 2.58. The molecular formula is C44H50FN6O8PS. The largest absolute Gasteiger partial charge is 0.465 e. The first kappa shape index (κ1) is 43.7. The lowest BCUT2D eigenvalue weighted by atomic mass is 9.91. The van der Waals surface area contributed by atoms with Crippen molar-refractivity contribution < 1.29 is 37.4 Å². The predicted molar refractivity (Wildman–Crippen MR) is 228 cm³/mol. The standard InChI is InChI=1S/C44H50FN6O8PS/c1-4-21-58-44(56)27(2)48-60(57,59-32-12-6-5-7-13-32)39(45)28-16-19-37-29(22-28)23-38(61-37)40(52)47-35-15-9-8-11-31-17-18-36(51(31)42(35)54)43(55)50-25-30(24-46)34(26-50)33-14-10-20-49(3)41(33)53/h5-7,10,12-14,16,19-20,22-23,27,30-31,34-36,39H,4,8-9,11,15,17-18,21,25-26H2,1-3H3,(H,47,52)(H,48,57)/t27-,30+,31-,34+,35-,36-,39?,60?/m0/s1. The lowest BCUT2D eigenvalue weighted by Crippen LogP contribution is -2.56. The normalized spacial score (nSPS) is 23.5. The van der Waals surface area contributed by atoms with Gasteiger partial charge < -0.3 is 28.9 Å². The Labute approximate surface area is 357 Å². The van der Waals surface area contributed by atoms with Gasteiger partial charge in [-0.05, 0) is 86.4 Å². The van der Waals surface area contributed by atoms with Gasteiger partial charge in [0.25, 0.3) is 11.5 Å². The third kappa shape index (κ3) is 9.29. The number of thiophene rings is 1. The lowest BCUT2D eigenvalue weighted by molar-refractivity contribution is -0.146. The number of esters is 1. The fraction of sp³-hybridized carbons (Fsp3) is 0.455. The number of hydrogen-bond acceptors (Lipinski definition) is 10. The maximum Gasteiger partial charge on any atom is 0.355 e. The number of aryl methyl sites for hydroxylation is 1. The fourth-order valence-corrected chi connectivity index (χ4v) is 11.5. The molecule has 4 aromatic rings. The van der Waals surface area contributed by atoms with Crippen molar-refractivity contribution in [3.8, 4) is 11.8 Å². The summed E-state index contributed by atoms with van der Waals surface area (Å²) >= 11 is 1.15.